The van der Waals surface area contributed by atoms with Crippen LogP contribution in [0.5, 0.6) is 5.75 Å². The second-order valence-corrected chi connectivity index (χ2v) is 14.7. The molecule has 54 heavy (non-hydrogen) atoms. The van der Waals surface area contributed by atoms with Gasteiger partial charge in [0, 0.05) is 38.9 Å². The number of benzene rings is 4. The highest BCUT2D eigenvalue weighted by Crippen LogP contribution is 2.35. The zero-order valence-electron chi connectivity index (χ0n) is 31.6. The quantitative estimate of drug-likeness (QED) is 0.0477. The van der Waals surface area contributed by atoms with Crippen LogP contribution < -0.4 is 15.4 Å². The summed E-state index contributed by atoms with van der Waals surface area (Å²) in [5, 5.41) is 8.56. The highest BCUT2D eigenvalue weighted by Gasteiger charge is 2.60. The molecule has 0 aromatic heterocycles. The van der Waals surface area contributed by atoms with E-state index in [9.17, 15) is 14.4 Å². The number of ether oxygens (including phenoxy) is 1. The lowest BCUT2D eigenvalue weighted by molar-refractivity contribution is -0.177. The van der Waals surface area contributed by atoms with E-state index < -0.39 is 23.5 Å². The molecule has 2 N–H and O–H groups in total. The summed E-state index contributed by atoms with van der Waals surface area (Å²) in [7, 11) is 0. The van der Waals surface area contributed by atoms with Crippen LogP contribution in [0, 0.1) is 0 Å². The SMILES string of the molecule is CCCCCCCCCCCC(=O)Oc1ccc(C[C@]2(C(=O)NCc3ccccc3)C(=O)N(Cc3cccc4ccccc34)CC3NCCC(=O)N32)cc1. The van der Waals surface area contributed by atoms with Crippen molar-refractivity contribution in [2.24, 2.45) is 0 Å². The van der Waals surface area contributed by atoms with Crippen LogP contribution >= 0.6 is 0 Å². The maximum atomic E-state index is 15.1. The van der Waals surface area contributed by atoms with Crippen molar-refractivity contribution < 1.29 is 23.9 Å². The number of carbonyl (C=O) groups excluding carboxylic acids is 4. The van der Waals surface area contributed by atoms with E-state index in [0.29, 0.717) is 24.3 Å². The Morgan fingerprint density at radius 1 is 0.796 bits per heavy atom. The van der Waals surface area contributed by atoms with Crippen molar-refractivity contribution in [3.05, 3.63) is 114 Å². The zero-order chi connectivity index (χ0) is 37.8. The minimum Gasteiger partial charge on any atom is -0.427 e. The Morgan fingerprint density at radius 3 is 2.24 bits per heavy atom. The summed E-state index contributed by atoms with van der Waals surface area (Å²) in [6, 6.07) is 30.6. The van der Waals surface area contributed by atoms with Crippen LogP contribution in [0.25, 0.3) is 10.8 Å². The summed E-state index contributed by atoms with van der Waals surface area (Å²) in [5.41, 5.74) is 0.649. The third-order valence-electron chi connectivity index (χ3n) is 10.8. The second kappa shape index (κ2) is 18.8. The van der Waals surface area contributed by atoms with Gasteiger partial charge in [0.05, 0.1) is 6.54 Å². The number of carbonyl (C=O) groups is 4. The lowest BCUT2D eigenvalue weighted by Crippen LogP contribution is -2.79. The van der Waals surface area contributed by atoms with E-state index in [1.165, 1.54) is 43.4 Å². The topological polar surface area (TPSA) is 108 Å². The first-order chi connectivity index (χ1) is 26.4. The smallest absolute Gasteiger partial charge is 0.311 e. The molecule has 0 saturated carbocycles. The molecule has 2 aliphatic heterocycles. The van der Waals surface area contributed by atoms with E-state index in [0.717, 1.165) is 41.2 Å². The number of esters is 1. The largest absolute Gasteiger partial charge is 0.427 e. The Morgan fingerprint density at radius 2 is 1.48 bits per heavy atom. The molecule has 3 amide bonds. The third-order valence-corrected chi connectivity index (χ3v) is 10.8. The van der Waals surface area contributed by atoms with Crippen LogP contribution in [-0.2, 0) is 38.7 Å². The summed E-state index contributed by atoms with van der Waals surface area (Å²) in [6.07, 6.45) is 10.5. The molecule has 0 radical (unpaired) electrons. The third kappa shape index (κ3) is 9.37. The van der Waals surface area contributed by atoms with Crippen LogP contribution in [0.15, 0.2) is 97.1 Å². The molecule has 2 atom stereocenters. The highest BCUT2D eigenvalue weighted by molar-refractivity contribution is 6.13. The molecule has 2 fully saturated rings. The van der Waals surface area contributed by atoms with Gasteiger partial charge in [-0.3, -0.25) is 24.5 Å². The first-order valence-corrected chi connectivity index (χ1v) is 19.8. The van der Waals surface area contributed by atoms with Gasteiger partial charge in [-0.15, -0.1) is 0 Å². The first kappa shape index (κ1) is 38.7. The van der Waals surface area contributed by atoms with Gasteiger partial charge in [0.15, 0.2) is 0 Å². The summed E-state index contributed by atoms with van der Waals surface area (Å²) in [4.78, 5) is 59.5. The molecule has 4 aromatic carbocycles. The van der Waals surface area contributed by atoms with Gasteiger partial charge in [-0.25, -0.2) is 0 Å². The van der Waals surface area contributed by atoms with Crippen LogP contribution in [0.2, 0.25) is 0 Å². The predicted octanol–water partition coefficient (Wildman–Crippen LogP) is 7.45. The van der Waals surface area contributed by atoms with Gasteiger partial charge in [-0.1, -0.05) is 143 Å². The van der Waals surface area contributed by atoms with Crippen molar-refractivity contribution in [2.45, 2.75) is 109 Å². The molecule has 0 bridgehead atoms. The molecule has 2 saturated heterocycles. The first-order valence-electron chi connectivity index (χ1n) is 19.8. The number of nitrogens with zero attached hydrogens (tertiary/aromatic N) is 2. The molecule has 9 nitrogen and oxygen atoms in total. The number of fused-ring (bicyclic) bond motifs is 2. The van der Waals surface area contributed by atoms with Crippen LogP contribution in [0.1, 0.15) is 94.2 Å². The minimum absolute atomic E-state index is 0.0465. The van der Waals surface area contributed by atoms with Crippen molar-refractivity contribution in [1.29, 1.82) is 0 Å². The molecule has 9 heteroatoms. The minimum atomic E-state index is -1.86. The molecule has 1 unspecified atom stereocenters. The van der Waals surface area contributed by atoms with Crippen LogP contribution in [0.3, 0.4) is 0 Å². The number of rotatable bonds is 18. The number of hydrogen-bond donors (Lipinski definition) is 2. The Labute approximate surface area is 319 Å². The Kier molecular flexibility index (Phi) is 13.5. The van der Waals surface area contributed by atoms with E-state index >= 15 is 4.79 Å². The number of amides is 3. The average Bonchev–Trinajstić information content (AvgIpc) is 3.19. The molecule has 4 aromatic rings. The van der Waals surface area contributed by atoms with E-state index in [-0.39, 0.29) is 44.4 Å². The summed E-state index contributed by atoms with van der Waals surface area (Å²) >= 11 is 0. The monoisotopic (exact) mass is 730 g/mol. The Bertz CT molecular complexity index is 1880. The number of hydrogen-bond acceptors (Lipinski definition) is 6. The van der Waals surface area contributed by atoms with Gasteiger partial charge in [0.1, 0.15) is 11.9 Å². The second-order valence-electron chi connectivity index (χ2n) is 14.7. The normalized spacial score (nSPS) is 18.4. The fourth-order valence-corrected chi connectivity index (χ4v) is 7.89. The molecule has 0 spiro atoms. The van der Waals surface area contributed by atoms with Crippen LogP contribution in [-0.4, -0.2) is 58.3 Å². The van der Waals surface area contributed by atoms with Crippen molar-refractivity contribution in [1.82, 2.24) is 20.4 Å². The van der Waals surface area contributed by atoms with E-state index in [1.807, 2.05) is 72.8 Å². The van der Waals surface area contributed by atoms with E-state index in [2.05, 4.69) is 17.6 Å². The average molecular weight is 731 g/mol. The molecule has 6 rings (SSSR count). The van der Waals surface area contributed by atoms with Crippen molar-refractivity contribution >= 4 is 34.5 Å². The van der Waals surface area contributed by atoms with Gasteiger partial charge in [0.25, 0.3) is 11.8 Å². The van der Waals surface area contributed by atoms with Gasteiger partial charge >= 0.3 is 5.97 Å². The summed E-state index contributed by atoms with van der Waals surface area (Å²) in [5.74, 6) is -1.07. The lowest BCUT2D eigenvalue weighted by Gasteiger charge is -2.54. The molecule has 2 heterocycles. The Hall–Kier alpha value is -5.02. The summed E-state index contributed by atoms with van der Waals surface area (Å²) < 4.78 is 5.67. The van der Waals surface area contributed by atoms with Crippen LogP contribution in [0.4, 0.5) is 0 Å². The fraction of sp³-hybridized carbons (Fsp3) is 0.422. The Balaban J connectivity index is 1.21. The highest BCUT2D eigenvalue weighted by atomic mass is 16.5. The molecule has 0 aliphatic carbocycles. The van der Waals surface area contributed by atoms with Crippen molar-refractivity contribution in [3.8, 4) is 5.75 Å². The van der Waals surface area contributed by atoms with Crippen molar-refractivity contribution in [2.75, 3.05) is 13.1 Å². The van der Waals surface area contributed by atoms with Gasteiger partial charge in [-0.05, 0) is 46.0 Å². The zero-order valence-corrected chi connectivity index (χ0v) is 31.6. The van der Waals surface area contributed by atoms with Gasteiger partial charge in [-0.2, -0.15) is 0 Å². The maximum Gasteiger partial charge on any atom is 0.311 e. The number of nitrogens with one attached hydrogen (secondary N) is 2. The molecule has 2 aliphatic rings. The van der Waals surface area contributed by atoms with E-state index in [4.69, 9.17) is 4.74 Å². The van der Waals surface area contributed by atoms with Gasteiger partial charge in [0.2, 0.25) is 11.4 Å². The van der Waals surface area contributed by atoms with E-state index in [1.54, 1.807) is 29.2 Å². The molecule has 284 valence electrons. The molecular formula is C45H54N4O5. The standard InChI is InChI=1S/C45H54N4O5/c1-2-3-4-5-6-7-8-9-13-23-42(51)54-38-26-24-34(25-27-38)30-45(43(52)47-31-35-17-11-10-12-18-35)44(53)48(33-40-46-29-28-41(50)49(40)45)32-37-21-16-20-36-19-14-15-22-39(36)37/h10-12,14-22,24-27,40,46H,2-9,13,23,28-33H2,1H3,(H,47,52)/t40?,45-/m0/s1. The maximum absolute atomic E-state index is 15.1. The lowest BCUT2D eigenvalue weighted by atomic mass is 9.82. The summed E-state index contributed by atoms with van der Waals surface area (Å²) in [6.45, 7) is 3.41. The predicted molar refractivity (Wildman–Crippen MR) is 211 cm³/mol. The molecular weight excluding hydrogens is 677 g/mol. The van der Waals surface area contributed by atoms with Gasteiger partial charge < -0.3 is 19.9 Å². The fourth-order valence-electron chi connectivity index (χ4n) is 7.89. The number of unbranched alkanes of at least 4 members (excludes halogenated alkanes) is 8. The number of piperazine rings is 1. The van der Waals surface area contributed by atoms with Crippen molar-refractivity contribution in [3.63, 3.8) is 0 Å².